The molecule has 0 aliphatic heterocycles. The van der Waals surface area contributed by atoms with Crippen molar-refractivity contribution in [1.29, 1.82) is 0 Å². The minimum absolute atomic E-state index is 0.194. The van der Waals surface area contributed by atoms with Gasteiger partial charge in [-0.2, -0.15) is 0 Å². The average molecular weight is 398 g/mol. The van der Waals surface area contributed by atoms with Crippen LogP contribution in [0.25, 0.3) is 22.2 Å². The second-order valence-electron chi connectivity index (χ2n) is 6.99. The standard InChI is InChI=1S/C25H22N2O3/c1-16-4-6-17(7-5-16)23-15-24(30-3)21-14-19(10-13-22(21)27-23)26-25(28)18-8-11-20(29-2)12-9-18/h4-15H,1-3H3,(H,26,28). The molecule has 0 atom stereocenters. The summed E-state index contributed by atoms with van der Waals surface area (Å²) in [6, 6.07) is 22.7. The lowest BCUT2D eigenvalue weighted by Crippen LogP contribution is -2.11. The van der Waals surface area contributed by atoms with Gasteiger partial charge >= 0.3 is 0 Å². The fourth-order valence-corrected chi connectivity index (χ4v) is 3.26. The Morgan fingerprint density at radius 2 is 1.60 bits per heavy atom. The summed E-state index contributed by atoms with van der Waals surface area (Å²) < 4.78 is 10.8. The van der Waals surface area contributed by atoms with E-state index >= 15 is 0 Å². The number of hydrogen-bond donors (Lipinski definition) is 1. The molecule has 1 N–H and O–H groups in total. The molecule has 5 nitrogen and oxygen atoms in total. The Balaban J connectivity index is 1.65. The summed E-state index contributed by atoms with van der Waals surface area (Å²) in [6.07, 6.45) is 0. The van der Waals surface area contributed by atoms with E-state index in [0.29, 0.717) is 22.7 Å². The molecule has 1 heterocycles. The van der Waals surface area contributed by atoms with Crippen molar-refractivity contribution >= 4 is 22.5 Å². The second-order valence-corrected chi connectivity index (χ2v) is 6.99. The van der Waals surface area contributed by atoms with Gasteiger partial charge in [0.05, 0.1) is 25.4 Å². The van der Waals surface area contributed by atoms with Crippen LogP contribution in [0.4, 0.5) is 5.69 Å². The van der Waals surface area contributed by atoms with E-state index in [1.807, 2.05) is 36.4 Å². The molecule has 0 radical (unpaired) electrons. The number of rotatable bonds is 5. The molecule has 0 aliphatic carbocycles. The molecule has 0 fully saturated rings. The van der Waals surface area contributed by atoms with E-state index in [1.54, 1.807) is 38.5 Å². The van der Waals surface area contributed by atoms with Crippen LogP contribution in [0.15, 0.2) is 72.8 Å². The molecule has 1 aromatic heterocycles. The number of hydrogen-bond acceptors (Lipinski definition) is 4. The van der Waals surface area contributed by atoms with Crippen molar-refractivity contribution in [3.63, 3.8) is 0 Å². The zero-order chi connectivity index (χ0) is 21.1. The van der Waals surface area contributed by atoms with Crippen molar-refractivity contribution in [3.8, 4) is 22.8 Å². The highest BCUT2D eigenvalue weighted by atomic mass is 16.5. The van der Waals surface area contributed by atoms with Gasteiger partial charge in [-0.05, 0) is 49.4 Å². The minimum atomic E-state index is -0.194. The van der Waals surface area contributed by atoms with E-state index in [2.05, 4.69) is 24.4 Å². The monoisotopic (exact) mass is 398 g/mol. The van der Waals surface area contributed by atoms with Crippen LogP contribution < -0.4 is 14.8 Å². The summed E-state index contributed by atoms with van der Waals surface area (Å²) in [7, 11) is 3.23. The molecular formula is C25H22N2O3. The second kappa shape index (κ2) is 8.25. The normalized spacial score (nSPS) is 10.6. The Kier molecular flexibility index (Phi) is 5.35. The highest BCUT2D eigenvalue weighted by Crippen LogP contribution is 2.32. The number of nitrogens with zero attached hydrogens (tertiary/aromatic N) is 1. The molecule has 1 amide bonds. The van der Waals surface area contributed by atoms with Crippen LogP contribution in [0.5, 0.6) is 11.5 Å². The number of pyridine rings is 1. The van der Waals surface area contributed by atoms with Crippen molar-refractivity contribution in [2.24, 2.45) is 0 Å². The van der Waals surface area contributed by atoms with Gasteiger partial charge in [-0.3, -0.25) is 4.79 Å². The topological polar surface area (TPSA) is 60.5 Å². The number of methoxy groups -OCH3 is 2. The number of aryl methyl sites for hydroxylation is 1. The summed E-state index contributed by atoms with van der Waals surface area (Å²) in [5.41, 5.74) is 5.09. The number of carbonyl (C=O) groups excluding carboxylic acids is 1. The Hall–Kier alpha value is -3.86. The molecule has 0 aliphatic rings. The molecule has 4 aromatic rings. The number of amides is 1. The molecule has 4 rings (SSSR count). The van der Waals surface area contributed by atoms with E-state index in [9.17, 15) is 4.79 Å². The number of aromatic nitrogens is 1. The van der Waals surface area contributed by atoms with Gasteiger partial charge in [0, 0.05) is 28.3 Å². The van der Waals surface area contributed by atoms with Crippen molar-refractivity contribution < 1.29 is 14.3 Å². The third-order valence-corrected chi connectivity index (χ3v) is 4.95. The molecule has 0 spiro atoms. The number of benzene rings is 3. The molecule has 0 unspecified atom stereocenters. The molecular weight excluding hydrogens is 376 g/mol. The third kappa shape index (κ3) is 3.96. The lowest BCUT2D eigenvalue weighted by atomic mass is 10.1. The summed E-state index contributed by atoms with van der Waals surface area (Å²) in [5.74, 6) is 1.22. The first-order valence-corrected chi connectivity index (χ1v) is 9.58. The van der Waals surface area contributed by atoms with Crippen molar-refractivity contribution in [1.82, 2.24) is 4.98 Å². The van der Waals surface area contributed by atoms with E-state index in [-0.39, 0.29) is 5.91 Å². The van der Waals surface area contributed by atoms with Crippen LogP contribution in [0.1, 0.15) is 15.9 Å². The predicted molar refractivity (Wildman–Crippen MR) is 119 cm³/mol. The third-order valence-electron chi connectivity index (χ3n) is 4.95. The Morgan fingerprint density at radius 3 is 2.27 bits per heavy atom. The maximum atomic E-state index is 12.6. The lowest BCUT2D eigenvalue weighted by Gasteiger charge is -2.11. The highest BCUT2D eigenvalue weighted by Gasteiger charge is 2.11. The van der Waals surface area contributed by atoms with Gasteiger partial charge in [-0.1, -0.05) is 29.8 Å². The number of fused-ring (bicyclic) bond motifs is 1. The molecule has 0 bridgehead atoms. The zero-order valence-corrected chi connectivity index (χ0v) is 17.1. The maximum absolute atomic E-state index is 12.6. The van der Waals surface area contributed by atoms with Crippen LogP contribution in [-0.4, -0.2) is 25.1 Å². The van der Waals surface area contributed by atoms with Gasteiger partial charge in [0.2, 0.25) is 0 Å². The molecule has 5 heteroatoms. The van der Waals surface area contributed by atoms with E-state index in [1.165, 1.54) is 5.56 Å². The van der Waals surface area contributed by atoms with Crippen LogP contribution >= 0.6 is 0 Å². The van der Waals surface area contributed by atoms with E-state index in [4.69, 9.17) is 14.5 Å². The fourth-order valence-electron chi connectivity index (χ4n) is 3.26. The quantitative estimate of drug-likeness (QED) is 0.484. The number of anilines is 1. The smallest absolute Gasteiger partial charge is 0.255 e. The molecule has 3 aromatic carbocycles. The van der Waals surface area contributed by atoms with Crippen LogP contribution in [0.2, 0.25) is 0 Å². The average Bonchev–Trinajstić information content (AvgIpc) is 2.79. The molecule has 150 valence electrons. The Labute approximate surface area is 175 Å². The number of nitrogens with one attached hydrogen (secondary N) is 1. The van der Waals surface area contributed by atoms with Crippen molar-refractivity contribution in [2.45, 2.75) is 6.92 Å². The lowest BCUT2D eigenvalue weighted by molar-refractivity contribution is 0.102. The van der Waals surface area contributed by atoms with Crippen molar-refractivity contribution in [3.05, 3.63) is 83.9 Å². The first kappa shape index (κ1) is 19.5. The largest absolute Gasteiger partial charge is 0.497 e. The van der Waals surface area contributed by atoms with E-state index in [0.717, 1.165) is 22.2 Å². The first-order valence-electron chi connectivity index (χ1n) is 9.58. The van der Waals surface area contributed by atoms with Gasteiger partial charge in [-0.15, -0.1) is 0 Å². The number of carbonyl (C=O) groups is 1. The van der Waals surface area contributed by atoms with Crippen LogP contribution in [0, 0.1) is 6.92 Å². The van der Waals surface area contributed by atoms with Crippen molar-refractivity contribution in [2.75, 3.05) is 19.5 Å². The Morgan fingerprint density at radius 1 is 0.867 bits per heavy atom. The minimum Gasteiger partial charge on any atom is -0.497 e. The van der Waals surface area contributed by atoms with Crippen LogP contribution in [0.3, 0.4) is 0 Å². The summed E-state index contributed by atoms with van der Waals surface area (Å²) in [4.78, 5) is 17.3. The molecule has 30 heavy (non-hydrogen) atoms. The van der Waals surface area contributed by atoms with Gasteiger partial charge in [0.1, 0.15) is 11.5 Å². The van der Waals surface area contributed by atoms with Gasteiger partial charge < -0.3 is 14.8 Å². The zero-order valence-electron chi connectivity index (χ0n) is 17.1. The van der Waals surface area contributed by atoms with Crippen LogP contribution in [-0.2, 0) is 0 Å². The number of ether oxygens (including phenoxy) is 2. The molecule has 0 saturated carbocycles. The summed E-state index contributed by atoms with van der Waals surface area (Å²) >= 11 is 0. The van der Waals surface area contributed by atoms with E-state index < -0.39 is 0 Å². The maximum Gasteiger partial charge on any atom is 0.255 e. The SMILES string of the molecule is COc1ccc(C(=O)Nc2ccc3nc(-c4ccc(C)cc4)cc(OC)c3c2)cc1. The Bertz CT molecular complexity index is 1200. The predicted octanol–water partition coefficient (Wildman–Crippen LogP) is 5.48. The van der Waals surface area contributed by atoms with Gasteiger partial charge in [0.25, 0.3) is 5.91 Å². The summed E-state index contributed by atoms with van der Waals surface area (Å²) in [5, 5.41) is 3.76. The molecule has 0 saturated heterocycles. The highest BCUT2D eigenvalue weighted by molar-refractivity contribution is 6.05. The first-order chi connectivity index (χ1) is 14.6. The fraction of sp³-hybridized carbons (Fsp3) is 0.120. The van der Waals surface area contributed by atoms with Gasteiger partial charge in [-0.25, -0.2) is 4.98 Å². The summed E-state index contributed by atoms with van der Waals surface area (Å²) in [6.45, 7) is 2.06. The van der Waals surface area contributed by atoms with Gasteiger partial charge in [0.15, 0.2) is 0 Å².